The lowest BCUT2D eigenvalue weighted by Gasteiger charge is -2.36. The third kappa shape index (κ3) is 5.71. The van der Waals surface area contributed by atoms with Gasteiger partial charge in [0.05, 0.1) is 14.5 Å². The molecule has 0 saturated heterocycles. The standard InChI is InChI=1S/C18H31F2NSi/c1-5-7-9-10-18(22(3)4)21(13-8-6-2)17-12-11-15(19)14-16(17)20/h11-12,14,18,22H,5-10,13H2,1-4H3. The molecule has 0 aliphatic carbocycles. The van der Waals surface area contributed by atoms with Gasteiger partial charge < -0.3 is 4.90 Å². The van der Waals surface area contributed by atoms with Gasteiger partial charge in [-0.05, 0) is 25.0 Å². The third-order valence-electron chi connectivity index (χ3n) is 4.25. The van der Waals surface area contributed by atoms with Crippen molar-refractivity contribution in [2.45, 2.75) is 71.1 Å². The molecule has 126 valence electrons. The lowest BCUT2D eigenvalue weighted by molar-refractivity contribution is 0.556. The van der Waals surface area contributed by atoms with E-state index in [0.29, 0.717) is 11.4 Å². The molecule has 0 heterocycles. The average Bonchev–Trinajstić information content (AvgIpc) is 2.46. The molecular formula is C18H31F2NSi. The van der Waals surface area contributed by atoms with E-state index < -0.39 is 20.4 Å². The number of rotatable bonds is 10. The molecule has 0 N–H and O–H groups in total. The smallest absolute Gasteiger partial charge is 0.149 e. The van der Waals surface area contributed by atoms with Crippen LogP contribution in [0.15, 0.2) is 18.2 Å². The van der Waals surface area contributed by atoms with Crippen molar-refractivity contribution in [3.05, 3.63) is 29.8 Å². The Morgan fingerprint density at radius 1 is 1.05 bits per heavy atom. The van der Waals surface area contributed by atoms with Gasteiger partial charge in [0.1, 0.15) is 11.6 Å². The van der Waals surface area contributed by atoms with Crippen molar-refractivity contribution < 1.29 is 8.78 Å². The Balaban J connectivity index is 3.01. The fourth-order valence-corrected chi connectivity index (χ4v) is 4.89. The number of benzene rings is 1. The van der Waals surface area contributed by atoms with Crippen LogP contribution < -0.4 is 4.90 Å². The molecule has 1 atom stereocenters. The molecule has 0 bridgehead atoms. The fourth-order valence-electron chi connectivity index (χ4n) is 2.96. The van der Waals surface area contributed by atoms with Crippen LogP contribution in [0, 0.1) is 11.6 Å². The van der Waals surface area contributed by atoms with Gasteiger partial charge in [-0.25, -0.2) is 8.78 Å². The summed E-state index contributed by atoms with van der Waals surface area (Å²) in [5.74, 6) is -0.924. The molecule has 1 aromatic rings. The third-order valence-corrected chi connectivity index (χ3v) is 6.48. The second kappa shape index (κ2) is 9.98. The highest BCUT2D eigenvalue weighted by Crippen LogP contribution is 2.26. The molecule has 0 radical (unpaired) electrons. The summed E-state index contributed by atoms with van der Waals surface area (Å²) in [6.07, 6.45) is 6.87. The minimum atomic E-state index is -0.966. The number of anilines is 1. The summed E-state index contributed by atoms with van der Waals surface area (Å²) in [6.45, 7) is 9.88. The first-order valence-electron chi connectivity index (χ1n) is 8.72. The van der Waals surface area contributed by atoms with Crippen molar-refractivity contribution in [2.75, 3.05) is 11.4 Å². The van der Waals surface area contributed by atoms with Crippen LogP contribution in [0.1, 0.15) is 52.4 Å². The monoisotopic (exact) mass is 327 g/mol. The van der Waals surface area contributed by atoms with E-state index in [1.165, 1.54) is 25.3 Å². The van der Waals surface area contributed by atoms with E-state index in [1.54, 1.807) is 6.07 Å². The number of nitrogens with zero attached hydrogens (tertiary/aromatic N) is 1. The molecular weight excluding hydrogens is 296 g/mol. The van der Waals surface area contributed by atoms with Crippen LogP contribution in [0.2, 0.25) is 13.1 Å². The maximum atomic E-state index is 14.3. The summed E-state index contributed by atoms with van der Waals surface area (Å²) in [7, 11) is -0.966. The summed E-state index contributed by atoms with van der Waals surface area (Å²) >= 11 is 0. The molecule has 0 aliphatic heterocycles. The molecule has 0 amide bonds. The highest BCUT2D eigenvalue weighted by atomic mass is 28.3. The zero-order chi connectivity index (χ0) is 16.5. The van der Waals surface area contributed by atoms with Crippen molar-refractivity contribution in [2.24, 2.45) is 0 Å². The van der Waals surface area contributed by atoms with Crippen LogP contribution >= 0.6 is 0 Å². The van der Waals surface area contributed by atoms with Crippen molar-refractivity contribution in [3.8, 4) is 0 Å². The first kappa shape index (κ1) is 19.1. The van der Waals surface area contributed by atoms with Gasteiger partial charge in [-0.3, -0.25) is 0 Å². The Bertz CT molecular complexity index is 437. The van der Waals surface area contributed by atoms with Gasteiger partial charge in [0.15, 0.2) is 0 Å². The quantitative estimate of drug-likeness (QED) is 0.402. The maximum absolute atomic E-state index is 14.3. The summed E-state index contributed by atoms with van der Waals surface area (Å²) in [6, 6.07) is 4.01. The van der Waals surface area contributed by atoms with Gasteiger partial charge in [0.25, 0.3) is 0 Å². The SMILES string of the molecule is CCCCCC(N(CCCC)c1ccc(F)cc1F)[SiH](C)C. The zero-order valence-corrected chi connectivity index (χ0v) is 15.7. The second-order valence-corrected chi connectivity index (χ2v) is 9.71. The lowest BCUT2D eigenvalue weighted by Crippen LogP contribution is -2.45. The molecule has 0 aromatic heterocycles. The van der Waals surface area contributed by atoms with Gasteiger partial charge in [0, 0.05) is 18.3 Å². The van der Waals surface area contributed by atoms with Crippen LogP contribution in [-0.2, 0) is 0 Å². The first-order chi connectivity index (χ1) is 10.5. The Kier molecular flexibility index (Phi) is 8.69. The normalized spacial score (nSPS) is 12.7. The summed E-state index contributed by atoms with van der Waals surface area (Å²) in [4.78, 5) is 2.23. The van der Waals surface area contributed by atoms with E-state index in [1.807, 2.05) is 0 Å². The number of halogens is 2. The van der Waals surface area contributed by atoms with E-state index in [4.69, 9.17) is 0 Å². The Morgan fingerprint density at radius 3 is 2.27 bits per heavy atom. The lowest BCUT2D eigenvalue weighted by atomic mass is 10.1. The van der Waals surface area contributed by atoms with Gasteiger partial charge >= 0.3 is 0 Å². The van der Waals surface area contributed by atoms with E-state index in [9.17, 15) is 8.78 Å². The van der Waals surface area contributed by atoms with E-state index in [-0.39, 0.29) is 0 Å². The highest BCUT2D eigenvalue weighted by molar-refractivity contribution is 6.58. The zero-order valence-electron chi connectivity index (χ0n) is 14.5. The molecule has 0 fully saturated rings. The summed E-state index contributed by atoms with van der Waals surface area (Å²) < 4.78 is 27.5. The molecule has 4 heteroatoms. The molecule has 0 saturated carbocycles. The minimum absolute atomic E-state index is 0.425. The molecule has 1 rings (SSSR count). The second-order valence-electron chi connectivity index (χ2n) is 6.45. The molecule has 0 spiro atoms. The Labute approximate surface area is 136 Å². The van der Waals surface area contributed by atoms with Crippen LogP contribution in [-0.4, -0.2) is 21.0 Å². The molecule has 22 heavy (non-hydrogen) atoms. The fraction of sp³-hybridized carbons (Fsp3) is 0.667. The maximum Gasteiger partial charge on any atom is 0.149 e. The van der Waals surface area contributed by atoms with Crippen molar-refractivity contribution in [3.63, 3.8) is 0 Å². The van der Waals surface area contributed by atoms with E-state index in [0.717, 1.165) is 31.9 Å². The molecule has 1 nitrogen and oxygen atoms in total. The predicted molar refractivity (Wildman–Crippen MR) is 95.4 cm³/mol. The van der Waals surface area contributed by atoms with Gasteiger partial charge in [-0.1, -0.05) is 52.6 Å². The van der Waals surface area contributed by atoms with Gasteiger partial charge in [-0.15, -0.1) is 0 Å². The van der Waals surface area contributed by atoms with E-state index in [2.05, 4.69) is 31.8 Å². The highest BCUT2D eigenvalue weighted by Gasteiger charge is 2.24. The van der Waals surface area contributed by atoms with Crippen molar-refractivity contribution in [1.29, 1.82) is 0 Å². The first-order valence-corrected chi connectivity index (χ1v) is 11.7. The summed E-state index contributed by atoms with van der Waals surface area (Å²) in [5.41, 5.74) is 1.02. The van der Waals surface area contributed by atoms with Crippen molar-refractivity contribution >= 4 is 14.5 Å². The number of hydrogen-bond donors (Lipinski definition) is 0. The van der Waals surface area contributed by atoms with Gasteiger partial charge in [0.2, 0.25) is 0 Å². The van der Waals surface area contributed by atoms with Gasteiger partial charge in [-0.2, -0.15) is 0 Å². The Hall–Kier alpha value is -0.903. The largest absolute Gasteiger partial charge is 0.369 e. The van der Waals surface area contributed by atoms with Crippen LogP contribution in [0.3, 0.4) is 0 Å². The van der Waals surface area contributed by atoms with Crippen LogP contribution in [0.4, 0.5) is 14.5 Å². The van der Waals surface area contributed by atoms with Crippen molar-refractivity contribution in [1.82, 2.24) is 0 Å². The predicted octanol–water partition coefficient (Wildman–Crippen LogP) is 5.55. The Morgan fingerprint density at radius 2 is 1.73 bits per heavy atom. The number of hydrogen-bond acceptors (Lipinski definition) is 1. The average molecular weight is 328 g/mol. The van der Waals surface area contributed by atoms with E-state index >= 15 is 0 Å². The summed E-state index contributed by atoms with van der Waals surface area (Å²) in [5, 5.41) is 0. The molecule has 0 aliphatic rings. The topological polar surface area (TPSA) is 3.24 Å². The minimum Gasteiger partial charge on any atom is -0.369 e. The number of unbranched alkanes of at least 4 members (excludes halogenated alkanes) is 3. The van der Waals surface area contributed by atoms with Crippen LogP contribution in [0.5, 0.6) is 0 Å². The molecule has 1 aromatic carbocycles. The van der Waals surface area contributed by atoms with Crippen LogP contribution in [0.25, 0.3) is 0 Å². The molecule has 1 unspecified atom stereocenters.